The summed E-state index contributed by atoms with van der Waals surface area (Å²) in [6.45, 7) is 2.55. The molecule has 1 aliphatic carbocycles. The molecule has 2 unspecified atom stereocenters. The van der Waals surface area contributed by atoms with Crippen LogP contribution >= 0.6 is 0 Å². The number of carbonyl (C=O) groups is 1. The van der Waals surface area contributed by atoms with Gasteiger partial charge in [-0.15, -0.1) is 0 Å². The molecule has 5 nitrogen and oxygen atoms in total. The van der Waals surface area contributed by atoms with E-state index in [-0.39, 0.29) is 18.1 Å². The Kier molecular flexibility index (Phi) is 5.55. The summed E-state index contributed by atoms with van der Waals surface area (Å²) in [5.74, 6) is -2.88. The molecule has 0 amide bonds. The topological polar surface area (TPSA) is 69.7 Å². The van der Waals surface area contributed by atoms with Crippen LogP contribution < -0.4 is 4.18 Å². The molecular weight excluding hydrogens is 380 g/mol. The van der Waals surface area contributed by atoms with E-state index in [0.29, 0.717) is 12.8 Å². The Bertz CT molecular complexity index is 769. The largest absolute Gasteiger partial charge is 0.534 e. The second-order valence-electron chi connectivity index (χ2n) is 6.17. The van der Waals surface area contributed by atoms with Gasteiger partial charge in [-0.25, -0.2) is 9.18 Å². The van der Waals surface area contributed by atoms with Gasteiger partial charge in [0.2, 0.25) is 5.67 Å². The third-order valence-electron chi connectivity index (χ3n) is 4.06. The maximum atomic E-state index is 15.2. The molecule has 0 radical (unpaired) electrons. The fourth-order valence-corrected chi connectivity index (χ4v) is 3.24. The zero-order valence-corrected chi connectivity index (χ0v) is 14.9. The Labute approximate surface area is 148 Å². The second kappa shape index (κ2) is 7.05. The van der Waals surface area contributed by atoms with Crippen molar-refractivity contribution in [2.75, 3.05) is 6.61 Å². The van der Waals surface area contributed by atoms with Gasteiger partial charge in [0.15, 0.2) is 0 Å². The number of ether oxygens (including phenoxy) is 1. The molecule has 1 aliphatic rings. The average molecular weight is 398 g/mol. The van der Waals surface area contributed by atoms with E-state index in [1.54, 1.807) is 0 Å². The van der Waals surface area contributed by atoms with Crippen molar-refractivity contribution in [3.8, 4) is 5.75 Å². The molecule has 2 rings (SSSR count). The van der Waals surface area contributed by atoms with E-state index in [1.165, 1.54) is 19.1 Å². The Balaban J connectivity index is 2.36. The zero-order valence-electron chi connectivity index (χ0n) is 14.0. The van der Waals surface area contributed by atoms with Gasteiger partial charge in [-0.2, -0.15) is 21.6 Å². The number of hydrogen-bond acceptors (Lipinski definition) is 5. The van der Waals surface area contributed by atoms with Crippen molar-refractivity contribution in [1.82, 2.24) is 0 Å². The Morgan fingerprint density at radius 1 is 1.27 bits per heavy atom. The van der Waals surface area contributed by atoms with Crippen LogP contribution in [0.2, 0.25) is 0 Å². The number of carbonyl (C=O) groups excluding carboxylic acids is 1. The smallest absolute Gasteiger partial charge is 0.464 e. The normalized spacial score (nSPS) is 18.7. The van der Waals surface area contributed by atoms with Crippen LogP contribution in [-0.4, -0.2) is 32.2 Å². The molecular formula is C16H18F4O5S. The van der Waals surface area contributed by atoms with Crippen molar-refractivity contribution in [2.45, 2.75) is 43.8 Å². The Hall–Kier alpha value is -1.84. The molecule has 0 bridgehead atoms. The van der Waals surface area contributed by atoms with Crippen LogP contribution in [0.3, 0.4) is 0 Å². The van der Waals surface area contributed by atoms with Gasteiger partial charge in [-0.3, -0.25) is 0 Å². The molecule has 0 spiro atoms. The highest BCUT2D eigenvalue weighted by Gasteiger charge is 2.51. The molecule has 0 N–H and O–H groups in total. The lowest BCUT2D eigenvalue weighted by Gasteiger charge is -2.29. The van der Waals surface area contributed by atoms with Gasteiger partial charge in [0.1, 0.15) is 5.75 Å². The predicted octanol–water partition coefficient (Wildman–Crippen LogP) is 3.70. The first-order chi connectivity index (χ1) is 11.9. The van der Waals surface area contributed by atoms with Crippen LogP contribution in [0.4, 0.5) is 17.6 Å². The van der Waals surface area contributed by atoms with Gasteiger partial charge < -0.3 is 8.92 Å². The zero-order chi connectivity index (χ0) is 19.8. The molecule has 26 heavy (non-hydrogen) atoms. The molecule has 146 valence electrons. The van der Waals surface area contributed by atoms with Gasteiger partial charge in [-0.05, 0) is 50.3 Å². The molecule has 0 saturated heterocycles. The van der Waals surface area contributed by atoms with Crippen LogP contribution in [0.15, 0.2) is 24.3 Å². The summed E-state index contributed by atoms with van der Waals surface area (Å²) < 4.78 is 83.7. The Morgan fingerprint density at radius 3 is 2.38 bits per heavy atom. The summed E-state index contributed by atoms with van der Waals surface area (Å²) >= 11 is 0. The summed E-state index contributed by atoms with van der Waals surface area (Å²) in [6, 6.07) is 4.67. The monoisotopic (exact) mass is 398 g/mol. The molecule has 0 aliphatic heterocycles. The molecule has 1 saturated carbocycles. The van der Waals surface area contributed by atoms with Gasteiger partial charge in [0, 0.05) is 5.92 Å². The second-order valence-corrected chi connectivity index (χ2v) is 7.70. The number of rotatable bonds is 7. The SMILES string of the molecule is CCOC(=O)C(C)(F)C(c1cccc(OS(=O)(=O)C(F)(F)F)c1)C1CC1. The molecule has 1 aromatic rings. The van der Waals surface area contributed by atoms with Gasteiger partial charge in [0.25, 0.3) is 0 Å². The fraction of sp³-hybridized carbons (Fsp3) is 0.562. The molecule has 0 aromatic heterocycles. The van der Waals surface area contributed by atoms with E-state index in [9.17, 15) is 26.4 Å². The average Bonchev–Trinajstić information content (AvgIpc) is 3.30. The van der Waals surface area contributed by atoms with E-state index in [0.717, 1.165) is 19.1 Å². The number of hydrogen-bond donors (Lipinski definition) is 0. The van der Waals surface area contributed by atoms with Crippen molar-refractivity contribution < 1.29 is 39.7 Å². The first kappa shape index (κ1) is 20.5. The maximum Gasteiger partial charge on any atom is 0.534 e. The van der Waals surface area contributed by atoms with Crippen molar-refractivity contribution >= 4 is 16.1 Å². The molecule has 10 heteroatoms. The summed E-state index contributed by atoms with van der Waals surface area (Å²) in [6.07, 6.45) is 1.27. The standard InChI is InChI=1S/C16H18F4O5S/c1-3-24-14(21)15(2,17)13(10-7-8-10)11-5-4-6-12(9-11)25-26(22,23)16(18,19)20/h4-6,9-10,13H,3,7-8H2,1-2H3. The molecule has 0 heterocycles. The van der Waals surface area contributed by atoms with Crippen LogP contribution in [0, 0.1) is 5.92 Å². The molecule has 2 atom stereocenters. The third-order valence-corrected chi connectivity index (χ3v) is 5.04. The first-order valence-corrected chi connectivity index (χ1v) is 9.28. The van der Waals surface area contributed by atoms with Crippen LogP contribution in [0.1, 0.15) is 38.2 Å². The van der Waals surface area contributed by atoms with E-state index in [4.69, 9.17) is 4.74 Å². The number of benzene rings is 1. The minimum absolute atomic E-state index is 0.0251. The highest BCUT2D eigenvalue weighted by molar-refractivity contribution is 7.88. The summed E-state index contributed by atoms with van der Waals surface area (Å²) in [5.41, 5.74) is -7.84. The Morgan fingerprint density at radius 2 is 1.88 bits per heavy atom. The van der Waals surface area contributed by atoms with Gasteiger partial charge >= 0.3 is 21.6 Å². The highest BCUT2D eigenvalue weighted by atomic mass is 32.2. The number of esters is 1. The third kappa shape index (κ3) is 4.28. The lowest BCUT2D eigenvalue weighted by Crippen LogP contribution is -2.39. The first-order valence-electron chi connectivity index (χ1n) is 7.87. The lowest BCUT2D eigenvalue weighted by molar-refractivity contribution is -0.158. The van der Waals surface area contributed by atoms with E-state index < -0.39 is 38.9 Å². The van der Waals surface area contributed by atoms with Crippen molar-refractivity contribution in [3.63, 3.8) is 0 Å². The summed E-state index contributed by atoms with van der Waals surface area (Å²) in [5, 5.41) is 0. The van der Waals surface area contributed by atoms with Gasteiger partial charge in [-0.1, -0.05) is 12.1 Å². The van der Waals surface area contributed by atoms with Crippen LogP contribution in [-0.2, 0) is 19.6 Å². The maximum absolute atomic E-state index is 15.2. The lowest BCUT2D eigenvalue weighted by atomic mass is 9.81. The van der Waals surface area contributed by atoms with Crippen LogP contribution in [0.5, 0.6) is 5.75 Å². The quantitative estimate of drug-likeness (QED) is 0.303. The summed E-state index contributed by atoms with van der Waals surface area (Å²) in [4.78, 5) is 12.0. The highest BCUT2D eigenvalue weighted by Crippen LogP contribution is 2.50. The summed E-state index contributed by atoms with van der Waals surface area (Å²) in [7, 11) is -5.84. The van der Waals surface area contributed by atoms with E-state index in [2.05, 4.69) is 4.18 Å². The van der Waals surface area contributed by atoms with Gasteiger partial charge in [0.05, 0.1) is 6.61 Å². The minimum atomic E-state index is -5.84. The van der Waals surface area contributed by atoms with E-state index in [1.807, 2.05) is 0 Å². The van der Waals surface area contributed by atoms with E-state index >= 15 is 4.39 Å². The fourth-order valence-electron chi connectivity index (χ4n) is 2.79. The number of alkyl halides is 4. The van der Waals surface area contributed by atoms with Crippen molar-refractivity contribution in [1.29, 1.82) is 0 Å². The predicted molar refractivity (Wildman–Crippen MR) is 83.7 cm³/mol. The minimum Gasteiger partial charge on any atom is -0.464 e. The van der Waals surface area contributed by atoms with Crippen LogP contribution in [0.25, 0.3) is 0 Å². The van der Waals surface area contributed by atoms with Crippen molar-refractivity contribution in [2.24, 2.45) is 5.92 Å². The van der Waals surface area contributed by atoms with Crippen molar-refractivity contribution in [3.05, 3.63) is 29.8 Å². The number of halogens is 4. The molecule has 1 aromatic carbocycles. The molecule has 1 fully saturated rings.